The van der Waals surface area contributed by atoms with E-state index in [1.54, 1.807) is 6.07 Å². The molecule has 0 saturated carbocycles. The Bertz CT molecular complexity index is 506. The van der Waals surface area contributed by atoms with Crippen LogP contribution in [0, 0.1) is 0 Å². The van der Waals surface area contributed by atoms with Crippen molar-refractivity contribution in [3.8, 4) is 5.75 Å². The van der Waals surface area contributed by atoms with Gasteiger partial charge in [-0.2, -0.15) is 0 Å². The summed E-state index contributed by atoms with van der Waals surface area (Å²) in [5.41, 5.74) is 5.60. The second-order valence-corrected chi connectivity index (χ2v) is 5.40. The molecule has 0 heterocycles. The molecule has 1 amide bonds. The maximum absolute atomic E-state index is 12.4. The summed E-state index contributed by atoms with van der Waals surface area (Å²) in [7, 11) is 0. The lowest BCUT2D eigenvalue weighted by atomic mass is 9.92. The minimum atomic E-state index is -4.75. The minimum absolute atomic E-state index is 0.0694. The van der Waals surface area contributed by atoms with Crippen LogP contribution in [0.15, 0.2) is 24.3 Å². The van der Waals surface area contributed by atoms with E-state index in [4.69, 9.17) is 5.73 Å². The van der Waals surface area contributed by atoms with E-state index in [1.807, 2.05) is 13.8 Å². The zero-order valence-electron chi connectivity index (χ0n) is 13.4. The molecule has 0 aliphatic heterocycles. The number of benzene rings is 1. The number of halogens is 3. The number of hydrogen-bond acceptors (Lipinski definition) is 3. The molecule has 0 unspecified atom stereocenters. The third-order valence-corrected chi connectivity index (χ3v) is 3.97. The Morgan fingerprint density at radius 1 is 1.22 bits per heavy atom. The molecule has 3 N–H and O–H groups in total. The molecular weight excluding hydrogens is 309 g/mol. The van der Waals surface area contributed by atoms with E-state index in [0.717, 1.165) is 0 Å². The second-order valence-electron chi connectivity index (χ2n) is 5.40. The number of hydrogen-bond donors (Lipinski definition) is 2. The van der Waals surface area contributed by atoms with E-state index in [0.29, 0.717) is 24.9 Å². The molecule has 23 heavy (non-hydrogen) atoms. The summed E-state index contributed by atoms with van der Waals surface area (Å²) >= 11 is 0. The molecule has 0 atom stereocenters. The van der Waals surface area contributed by atoms with E-state index in [9.17, 15) is 18.0 Å². The third kappa shape index (κ3) is 6.09. The number of rotatable bonds is 8. The van der Waals surface area contributed by atoms with Crippen molar-refractivity contribution in [1.29, 1.82) is 0 Å². The van der Waals surface area contributed by atoms with Gasteiger partial charge >= 0.3 is 6.36 Å². The number of carbonyl (C=O) groups is 1. The molecule has 1 aromatic carbocycles. The normalized spacial score (nSPS) is 12.1. The van der Waals surface area contributed by atoms with Gasteiger partial charge in [0.25, 0.3) is 0 Å². The van der Waals surface area contributed by atoms with Crippen molar-refractivity contribution in [2.75, 3.05) is 6.54 Å². The summed E-state index contributed by atoms with van der Waals surface area (Å²) in [5.74, 6) is -0.509. The molecule has 1 rings (SSSR count). The number of aryl methyl sites for hydroxylation is 1. The number of alkyl halides is 3. The van der Waals surface area contributed by atoms with Gasteiger partial charge in [-0.1, -0.05) is 32.0 Å². The smallest absolute Gasteiger partial charge is 0.406 e. The minimum Gasteiger partial charge on any atom is -0.406 e. The SMILES string of the molecule is CCC(CC)(CN)NC(=O)CCc1ccccc1OC(F)(F)F. The molecule has 0 aromatic heterocycles. The zero-order valence-corrected chi connectivity index (χ0v) is 13.4. The van der Waals surface area contributed by atoms with Gasteiger partial charge in [0, 0.05) is 13.0 Å². The zero-order chi connectivity index (χ0) is 17.5. The van der Waals surface area contributed by atoms with Gasteiger partial charge < -0.3 is 15.8 Å². The standard InChI is InChI=1S/C16H23F3N2O2/c1-3-15(4-2,11-20)21-14(22)10-9-12-7-5-6-8-13(12)23-16(17,18)19/h5-8H,3-4,9-11,20H2,1-2H3,(H,21,22). The average Bonchev–Trinajstić information content (AvgIpc) is 2.50. The number of ether oxygens (including phenoxy) is 1. The molecule has 0 spiro atoms. The van der Waals surface area contributed by atoms with E-state index >= 15 is 0 Å². The summed E-state index contributed by atoms with van der Waals surface area (Å²) in [5, 5.41) is 2.89. The molecule has 0 aliphatic carbocycles. The summed E-state index contributed by atoms with van der Waals surface area (Å²) in [6.07, 6.45) is -3.14. The highest BCUT2D eigenvalue weighted by Crippen LogP contribution is 2.27. The van der Waals surface area contributed by atoms with Crippen LogP contribution >= 0.6 is 0 Å². The number of carbonyl (C=O) groups excluding carboxylic acids is 1. The van der Waals surface area contributed by atoms with Gasteiger partial charge in [-0.15, -0.1) is 13.2 Å². The van der Waals surface area contributed by atoms with Crippen molar-refractivity contribution in [1.82, 2.24) is 5.32 Å². The second kappa shape index (κ2) is 8.19. The summed E-state index contributed by atoms with van der Waals surface area (Å²) < 4.78 is 41.1. The first-order valence-electron chi connectivity index (χ1n) is 7.60. The molecular formula is C16H23F3N2O2. The van der Waals surface area contributed by atoms with Crippen LogP contribution in [0.25, 0.3) is 0 Å². The number of para-hydroxylation sites is 1. The van der Waals surface area contributed by atoms with Crippen LogP contribution in [0.1, 0.15) is 38.7 Å². The summed E-state index contributed by atoms with van der Waals surface area (Å²) in [4.78, 5) is 12.1. The first kappa shape index (κ1) is 19.3. The van der Waals surface area contributed by atoms with Gasteiger partial charge in [-0.05, 0) is 30.9 Å². The van der Waals surface area contributed by atoms with E-state index < -0.39 is 11.9 Å². The van der Waals surface area contributed by atoms with Crippen molar-refractivity contribution in [3.05, 3.63) is 29.8 Å². The lowest BCUT2D eigenvalue weighted by Gasteiger charge is -2.31. The fraction of sp³-hybridized carbons (Fsp3) is 0.562. The maximum atomic E-state index is 12.4. The molecule has 1 aromatic rings. The lowest BCUT2D eigenvalue weighted by Crippen LogP contribution is -2.52. The van der Waals surface area contributed by atoms with Gasteiger partial charge in [-0.3, -0.25) is 4.79 Å². The van der Waals surface area contributed by atoms with Crippen LogP contribution in [-0.4, -0.2) is 24.4 Å². The molecule has 130 valence electrons. The predicted molar refractivity (Wildman–Crippen MR) is 82.0 cm³/mol. The highest BCUT2D eigenvalue weighted by Gasteiger charge is 2.32. The van der Waals surface area contributed by atoms with E-state index in [2.05, 4.69) is 10.1 Å². The maximum Gasteiger partial charge on any atom is 0.573 e. The first-order valence-corrected chi connectivity index (χ1v) is 7.60. The Hall–Kier alpha value is -1.76. The van der Waals surface area contributed by atoms with E-state index in [-0.39, 0.29) is 24.5 Å². The van der Waals surface area contributed by atoms with Crippen LogP contribution in [0.5, 0.6) is 5.75 Å². The van der Waals surface area contributed by atoms with Gasteiger partial charge in [0.1, 0.15) is 5.75 Å². The van der Waals surface area contributed by atoms with E-state index in [1.165, 1.54) is 18.2 Å². The lowest BCUT2D eigenvalue weighted by molar-refractivity contribution is -0.274. The number of amides is 1. The van der Waals surface area contributed by atoms with Crippen LogP contribution in [-0.2, 0) is 11.2 Å². The van der Waals surface area contributed by atoms with Gasteiger partial charge in [0.2, 0.25) is 5.91 Å². The van der Waals surface area contributed by atoms with Gasteiger partial charge in [0.15, 0.2) is 0 Å². The Balaban J connectivity index is 2.70. The molecule has 0 saturated heterocycles. The Labute approximate surface area is 134 Å². The van der Waals surface area contributed by atoms with Crippen molar-refractivity contribution >= 4 is 5.91 Å². The Morgan fingerprint density at radius 3 is 2.35 bits per heavy atom. The molecule has 0 fully saturated rings. The Morgan fingerprint density at radius 2 is 1.83 bits per heavy atom. The topological polar surface area (TPSA) is 64.3 Å². The molecule has 7 heteroatoms. The highest BCUT2D eigenvalue weighted by molar-refractivity contribution is 5.77. The molecule has 0 bridgehead atoms. The molecule has 4 nitrogen and oxygen atoms in total. The highest BCUT2D eigenvalue weighted by atomic mass is 19.4. The quantitative estimate of drug-likeness (QED) is 0.769. The average molecular weight is 332 g/mol. The van der Waals surface area contributed by atoms with Crippen molar-refractivity contribution in [2.24, 2.45) is 5.73 Å². The molecule has 0 aliphatic rings. The van der Waals surface area contributed by atoms with Gasteiger partial charge in [0.05, 0.1) is 5.54 Å². The van der Waals surface area contributed by atoms with Crippen molar-refractivity contribution in [2.45, 2.75) is 51.4 Å². The van der Waals surface area contributed by atoms with Crippen LogP contribution in [0.4, 0.5) is 13.2 Å². The first-order chi connectivity index (χ1) is 10.7. The van der Waals surface area contributed by atoms with Crippen LogP contribution in [0.2, 0.25) is 0 Å². The monoisotopic (exact) mass is 332 g/mol. The largest absolute Gasteiger partial charge is 0.573 e. The van der Waals surface area contributed by atoms with Crippen LogP contribution < -0.4 is 15.8 Å². The van der Waals surface area contributed by atoms with Crippen LogP contribution in [0.3, 0.4) is 0 Å². The van der Waals surface area contributed by atoms with Gasteiger partial charge in [-0.25, -0.2) is 0 Å². The third-order valence-electron chi connectivity index (χ3n) is 3.97. The fourth-order valence-electron chi connectivity index (χ4n) is 2.31. The fourth-order valence-corrected chi connectivity index (χ4v) is 2.31. The van der Waals surface area contributed by atoms with Crippen molar-refractivity contribution in [3.63, 3.8) is 0 Å². The van der Waals surface area contributed by atoms with Crippen molar-refractivity contribution < 1.29 is 22.7 Å². The number of nitrogens with one attached hydrogen (secondary N) is 1. The predicted octanol–water partition coefficient (Wildman–Crippen LogP) is 3.15. The Kier molecular flexibility index (Phi) is 6.87. The molecule has 0 radical (unpaired) electrons. The number of nitrogens with two attached hydrogens (primary N) is 1. The summed E-state index contributed by atoms with van der Waals surface area (Å²) in [6.45, 7) is 4.19. The summed E-state index contributed by atoms with van der Waals surface area (Å²) in [6, 6.07) is 5.82.